The molecule has 9 heavy (non-hydrogen) atoms. The van der Waals surface area contributed by atoms with Gasteiger partial charge in [-0.3, -0.25) is 5.10 Å². The molecule has 0 bridgehead atoms. The van der Waals surface area contributed by atoms with Crippen LogP contribution in [0.2, 0.25) is 0 Å². The van der Waals surface area contributed by atoms with Crippen LogP contribution in [0.1, 0.15) is 5.69 Å². The number of nitrogens with zero attached hydrogens (tertiary/aromatic N) is 1. The van der Waals surface area contributed by atoms with Crippen molar-refractivity contribution in [1.29, 1.82) is 0 Å². The van der Waals surface area contributed by atoms with E-state index in [0.717, 1.165) is 11.2 Å². The number of aromatic amines is 1. The van der Waals surface area contributed by atoms with Crippen LogP contribution in [0, 0.1) is 12.3 Å². The van der Waals surface area contributed by atoms with E-state index in [9.17, 15) is 0 Å². The second kappa shape index (κ2) is 1.57. The lowest BCUT2D eigenvalue weighted by Gasteiger charge is -1.72. The SMILES string of the molecule is Cc1n[nH]c2c[c]sc12. The summed E-state index contributed by atoms with van der Waals surface area (Å²) in [5, 5.41) is 9.95. The maximum Gasteiger partial charge on any atom is 0.0770 e. The lowest BCUT2D eigenvalue weighted by atomic mass is 10.4. The average molecular weight is 137 g/mol. The summed E-state index contributed by atoms with van der Waals surface area (Å²) < 4.78 is 1.22. The first-order valence-electron chi connectivity index (χ1n) is 2.68. The van der Waals surface area contributed by atoms with Gasteiger partial charge in [0.05, 0.1) is 15.9 Å². The Kier molecular flexibility index (Phi) is 0.873. The highest BCUT2D eigenvalue weighted by molar-refractivity contribution is 7.16. The van der Waals surface area contributed by atoms with Crippen molar-refractivity contribution in [3.8, 4) is 0 Å². The Morgan fingerprint density at radius 1 is 1.78 bits per heavy atom. The van der Waals surface area contributed by atoms with E-state index in [1.807, 2.05) is 13.0 Å². The van der Waals surface area contributed by atoms with E-state index in [1.54, 1.807) is 11.3 Å². The molecule has 0 aliphatic heterocycles. The zero-order chi connectivity index (χ0) is 6.27. The molecule has 0 atom stereocenters. The van der Waals surface area contributed by atoms with Crippen molar-refractivity contribution >= 4 is 21.6 Å². The van der Waals surface area contributed by atoms with Crippen LogP contribution in [0.5, 0.6) is 0 Å². The molecule has 2 aromatic heterocycles. The van der Waals surface area contributed by atoms with Crippen molar-refractivity contribution in [2.75, 3.05) is 0 Å². The van der Waals surface area contributed by atoms with Crippen LogP contribution in [0.3, 0.4) is 0 Å². The number of H-pyrrole nitrogens is 1. The second-order valence-corrected chi connectivity index (χ2v) is 2.76. The Balaban J connectivity index is 2.99. The molecular formula is C6H5N2S. The molecule has 0 saturated heterocycles. The number of thiophene rings is 1. The highest BCUT2D eigenvalue weighted by atomic mass is 32.1. The number of hydrogen-bond donors (Lipinski definition) is 1. The van der Waals surface area contributed by atoms with Crippen LogP contribution in [0.25, 0.3) is 10.2 Å². The topological polar surface area (TPSA) is 28.7 Å². The van der Waals surface area contributed by atoms with Crippen LogP contribution in [-0.2, 0) is 0 Å². The molecule has 0 aromatic carbocycles. The van der Waals surface area contributed by atoms with Crippen molar-refractivity contribution in [3.63, 3.8) is 0 Å². The summed E-state index contributed by atoms with van der Waals surface area (Å²) in [6.07, 6.45) is 0. The Bertz CT molecular complexity index is 320. The van der Waals surface area contributed by atoms with Gasteiger partial charge in [0.2, 0.25) is 0 Å². The van der Waals surface area contributed by atoms with Crippen LogP contribution >= 0.6 is 11.3 Å². The Hall–Kier alpha value is -0.830. The standard InChI is InChI=1S/C6H5N2S/c1-4-6-5(8-7-4)2-3-9-6/h2H,1H3,(H,7,8). The van der Waals surface area contributed by atoms with Crippen molar-refractivity contribution in [2.45, 2.75) is 6.92 Å². The minimum Gasteiger partial charge on any atom is -0.277 e. The third-order valence-electron chi connectivity index (χ3n) is 1.28. The van der Waals surface area contributed by atoms with Gasteiger partial charge < -0.3 is 0 Å². The minimum absolute atomic E-state index is 1.07. The first-order chi connectivity index (χ1) is 4.38. The normalized spacial score (nSPS) is 10.8. The molecule has 2 heterocycles. The van der Waals surface area contributed by atoms with Crippen LogP contribution in [-0.4, -0.2) is 10.2 Å². The third-order valence-corrected chi connectivity index (χ3v) is 2.24. The maximum atomic E-state index is 4.02. The van der Waals surface area contributed by atoms with Crippen LogP contribution in [0.15, 0.2) is 6.07 Å². The summed E-state index contributed by atoms with van der Waals surface area (Å²) >= 11 is 1.60. The highest BCUT2D eigenvalue weighted by Gasteiger charge is 1.99. The highest BCUT2D eigenvalue weighted by Crippen LogP contribution is 2.19. The summed E-state index contributed by atoms with van der Waals surface area (Å²) in [6, 6.07) is 1.92. The number of aromatic nitrogens is 2. The Morgan fingerprint density at radius 2 is 2.67 bits per heavy atom. The number of aryl methyl sites for hydroxylation is 1. The summed E-state index contributed by atoms with van der Waals surface area (Å²) in [4.78, 5) is 0. The molecule has 2 aromatic rings. The fourth-order valence-corrected chi connectivity index (χ4v) is 1.52. The van der Waals surface area contributed by atoms with E-state index in [1.165, 1.54) is 4.70 Å². The third kappa shape index (κ3) is 0.580. The predicted molar refractivity (Wildman–Crippen MR) is 37.5 cm³/mol. The summed E-state index contributed by atoms with van der Waals surface area (Å²) in [6.45, 7) is 1.99. The second-order valence-electron chi connectivity index (χ2n) is 1.92. The Morgan fingerprint density at radius 3 is 3.44 bits per heavy atom. The van der Waals surface area contributed by atoms with Gasteiger partial charge in [-0.15, -0.1) is 11.3 Å². The lowest BCUT2D eigenvalue weighted by Crippen LogP contribution is -1.67. The van der Waals surface area contributed by atoms with Crippen molar-refractivity contribution in [3.05, 3.63) is 17.1 Å². The number of nitrogens with one attached hydrogen (secondary N) is 1. The molecule has 2 nitrogen and oxygen atoms in total. The van der Waals surface area contributed by atoms with Gasteiger partial charge in [-0.25, -0.2) is 0 Å². The average Bonchev–Trinajstić information content (AvgIpc) is 2.35. The van der Waals surface area contributed by atoms with Crippen molar-refractivity contribution in [1.82, 2.24) is 10.2 Å². The molecule has 3 heteroatoms. The molecule has 0 aliphatic rings. The number of hydrogen-bond acceptors (Lipinski definition) is 2. The summed E-state index contributed by atoms with van der Waals surface area (Å²) in [5.74, 6) is 0. The molecule has 0 saturated carbocycles. The molecule has 1 radical (unpaired) electrons. The van der Waals surface area contributed by atoms with Gasteiger partial charge in [-0.05, 0) is 13.0 Å². The molecule has 0 aliphatic carbocycles. The maximum absolute atomic E-state index is 4.02. The van der Waals surface area contributed by atoms with Crippen molar-refractivity contribution < 1.29 is 0 Å². The molecule has 2 rings (SSSR count). The van der Waals surface area contributed by atoms with Gasteiger partial charge in [-0.2, -0.15) is 5.10 Å². The van der Waals surface area contributed by atoms with Gasteiger partial charge in [0.1, 0.15) is 0 Å². The van der Waals surface area contributed by atoms with E-state index < -0.39 is 0 Å². The van der Waals surface area contributed by atoms with Crippen LogP contribution < -0.4 is 0 Å². The van der Waals surface area contributed by atoms with Gasteiger partial charge >= 0.3 is 0 Å². The van der Waals surface area contributed by atoms with E-state index in [4.69, 9.17) is 0 Å². The molecule has 0 amide bonds. The largest absolute Gasteiger partial charge is 0.277 e. The lowest BCUT2D eigenvalue weighted by molar-refractivity contribution is 1.07. The van der Waals surface area contributed by atoms with Gasteiger partial charge in [0, 0.05) is 5.38 Å². The zero-order valence-electron chi connectivity index (χ0n) is 4.93. The molecule has 0 fully saturated rings. The first kappa shape index (κ1) is 4.99. The van der Waals surface area contributed by atoms with E-state index >= 15 is 0 Å². The quantitative estimate of drug-likeness (QED) is 0.588. The molecule has 45 valence electrons. The van der Waals surface area contributed by atoms with Crippen LogP contribution in [0.4, 0.5) is 0 Å². The smallest absolute Gasteiger partial charge is 0.0770 e. The summed E-state index contributed by atoms with van der Waals surface area (Å²) in [5.41, 5.74) is 2.16. The molecule has 0 spiro atoms. The predicted octanol–water partition coefficient (Wildman–Crippen LogP) is 1.73. The monoisotopic (exact) mass is 137 g/mol. The zero-order valence-corrected chi connectivity index (χ0v) is 5.75. The van der Waals surface area contributed by atoms with Gasteiger partial charge in [-0.1, -0.05) is 0 Å². The van der Waals surface area contributed by atoms with E-state index in [0.29, 0.717) is 0 Å². The van der Waals surface area contributed by atoms with Gasteiger partial charge in [0.15, 0.2) is 0 Å². The Labute approximate surface area is 56.5 Å². The number of fused-ring (bicyclic) bond motifs is 1. The van der Waals surface area contributed by atoms with Gasteiger partial charge in [0.25, 0.3) is 0 Å². The minimum atomic E-state index is 1.07. The van der Waals surface area contributed by atoms with E-state index in [-0.39, 0.29) is 0 Å². The molecule has 0 unspecified atom stereocenters. The fraction of sp³-hybridized carbons (Fsp3) is 0.167. The fourth-order valence-electron chi connectivity index (χ4n) is 0.814. The summed E-state index contributed by atoms with van der Waals surface area (Å²) in [7, 11) is 0. The van der Waals surface area contributed by atoms with Crippen molar-refractivity contribution in [2.24, 2.45) is 0 Å². The molecular weight excluding hydrogens is 132 g/mol. The first-order valence-corrected chi connectivity index (χ1v) is 3.50. The van der Waals surface area contributed by atoms with E-state index in [2.05, 4.69) is 15.6 Å². The number of rotatable bonds is 0. The molecule has 1 N–H and O–H groups in total.